The molecule has 1 aromatic carbocycles. The highest BCUT2D eigenvalue weighted by Crippen LogP contribution is 2.14. The Balaban J connectivity index is 0. The number of hydrogen-bond acceptors (Lipinski definition) is 5. The van der Waals surface area contributed by atoms with Crippen LogP contribution in [-0.4, -0.2) is 64.4 Å². The third kappa shape index (κ3) is 19.9. The van der Waals surface area contributed by atoms with Gasteiger partial charge in [0.1, 0.15) is 0 Å². The van der Waals surface area contributed by atoms with E-state index in [4.69, 9.17) is 31.3 Å². The molecule has 0 fully saturated rings. The maximum absolute atomic E-state index is 12.7. The number of rotatable bonds is 12. The molecule has 0 aliphatic heterocycles. The summed E-state index contributed by atoms with van der Waals surface area (Å²) in [6, 6.07) is 9.73. The summed E-state index contributed by atoms with van der Waals surface area (Å²) in [4.78, 5) is 32.4. The normalized spacial score (nSPS) is 11.8. The van der Waals surface area contributed by atoms with Gasteiger partial charge in [0.15, 0.2) is 0 Å². The molecular weight excluding hydrogens is 512 g/mol. The summed E-state index contributed by atoms with van der Waals surface area (Å²) in [7, 11) is 0. The van der Waals surface area contributed by atoms with E-state index in [2.05, 4.69) is 19.1 Å². The zero-order valence-electron chi connectivity index (χ0n) is 20.5. The summed E-state index contributed by atoms with van der Waals surface area (Å²) in [5, 5.41) is 14.2. The third-order valence-corrected chi connectivity index (χ3v) is 4.58. The van der Waals surface area contributed by atoms with Crippen molar-refractivity contribution in [2.45, 2.75) is 76.8 Å². The van der Waals surface area contributed by atoms with Crippen molar-refractivity contribution in [1.82, 2.24) is 4.90 Å². The minimum Gasteiger partial charge on any atom is -0.475 e. The van der Waals surface area contributed by atoms with Gasteiger partial charge in [0.05, 0.1) is 6.04 Å². The fourth-order valence-corrected chi connectivity index (χ4v) is 2.67. The summed E-state index contributed by atoms with van der Waals surface area (Å²) in [5.74, 6) is -5.44. The van der Waals surface area contributed by atoms with Crippen LogP contribution in [-0.2, 0) is 20.9 Å². The Morgan fingerprint density at radius 2 is 1.35 bits per heavy atom. The zero-order chi connectivity index (χ0) is 29.1. The fourth-order valence-electron chi connectivity index (χ4n) is 2.67. The van der Waals surface area contributed by atoms with Crippen LogP contribution in [0.15, 0.2) is 30.3 Å². The van der Waals surface area contributed by atoms with E-state index in [0.29, 0.717) is 13.1 Å². The Morgan fingerprint density at radius 3 is 1.76 bits per heavy atom. The number of nitrogens with zero attached hydrogens (tertiary/aromatic N) is 1. The number of alkyl halides is 6. The molecule has 0 spiro atoms. The lowest BCUT2D eigenvalue weighted by Crippen LogP contribution is -2.43. The lowest BCUT2D eigenvalue weighted by Gasteiger charge is -2.26. The number of hydrogen-bond donors (Lipinski definition) is 4. The first-order valence-corrected chi connectivity index (χ1v) is 11.5. The van der Waals surface area contributed by atoms with E-state index in [-0.39, 0.29) is 5.91 Å². The summed E-state index contributed by atoms with van der Waals surface area (Å²) >= 11 is 0. The SMILES string of the molecule is CCCCCCN(Cc1ccccc1)C(=O)[C@@H](N)CCCCN.O=C(O)C(F)(F)F.O=C(O)C(F)(F)F. The van der Waals surface area contributed by atoms with Crippen LogP contribution < -0.4 is 11.5 Å². The Bertz CT molecular complexity index is 752. The smallest absolute Gasteiger partial charge is 0.475 e. The minimum absolute atomic E-state index is 0.0716. The van der Waals surface area contributed by atoms with Crippen molar-refractivity contribution in [3.63, 3.8) is 0 Å². The number of carboxylic acids is 2. The average molecular weight is 548 g/mol. The molecule has 0 radical (unpaired) electrons. The molecule has 6 N–H and O–H groups in total. The largest absolute Gasteiger partial charge is 0.490 e. The van der Waals surface area contributed by atoms with Gasteiger partial charge in [-0.3, -0.25) is 4.79 Å². The minimum atomic E-state index is -5.08. The molecule has 0 unspecified atom stereocenters. The lowest BCUT2D eigenvalue weighted by atomic mass is 10.1. The van der Waals surface area contributed by atoms with Crippen LogP contribution in [0.2, 0.25) is 0 Å². The van der Waals surface area contributed by atoms with Crippen molar-refractivity contribution in [3.8, 4) is 0 Å². The van der Waals surface area contributed by atoms with E-state index < -0.39 is 30.3 Å². The van der Waals surface area contributed by atoms with E-state index in [0.717, 1.165) is 44.2 Å². The number of halogens is 6. The van der Waals surface area contributed by atoms with Crippen LogP contribution in [0.4, 0.5) is 26.3 Å². The van der Waals surface area contributed by atoms with Crippen molar-refractivity contribution in [2.75, 3.05) is 13.1 Å². The molecule has 37 heavy (non-hydrogen) atoms. The Morgan fingerprint density at radius 1 is 0.865 bits per heavy atom. The van der Waals surface area contributed by atoms with Crippen LogP contribution >= 0.6 is 0 Å². The highest BCUT2D eigenvalue weighted by atomic mass is 19.4. The van der Waals surface area contributed by atoms with Crippen molar-refractivity contribution in [2.24, 2.45) is 11.5 Å². The van der Waals surface area contributed by atoms with Crippen molar-refractivity contribution in [3.05, 3.63) is 35.9 Å². The molecule has 0 heterocycles. The number of unbranched alkanes of at least 4 members (excludes halogenated alkanes) is 4. The Kier molecular flexibility index (Phi) is 18.9. The quantitative estimate of drug-likeness (QED) is 0.225. The maximum Gasteiger partial charge on any atom is 0.490 e. The Hall–Kier alpha value is -2.87. The fraction of sp³-hybridized carbons (Fsp3) is 0.609. The second-order valence-corrected chi connectivity index (χ2v) is 7.80. The molecule has 8 nitrogen and oxygen atoms in total. The molecule has 1 amide bonds. The van der Waals surface area contributed by atoms with Crippen LogP contribution in [0.5, 0.6) is 0 Å². The molecule has 0 bridgehead atoms. The molecular formula is C23H35F6N3O5. The van der Waals surface area contributed by atoms with Gasteiger partial charge >= 0.3 is 24.3 Å². The van der Waals surface area contributed by atoms with E-state index in [9.17, 15) is 31.1 Å². The monoisotopic (exact) mass is 547 g/mol. The molecule has 1 atom stereocenters. The Labute approximate surface area is 211 Å². The molecule has 0 aliphatic carbocycles. The van der Waals surface area contributed by atoms with E-state index in [1.54, 1.807) is 0 Å². The van der Waals surface area contributed by atoms with Crippen LogP contribution in [0.25, 0.3) is 0 Å². The van der Waals surface area contributed by atoms with Crippen molar-refractivity contribution >= 4 is 17.8 Å². The maximum atomic E-state index is 12.7. The molecule has 0 saturated carbocycles. The van der Waals surface area contributed by atoms with Gasteiger partial charge in [-0.25, -0.2) is 9.59 Å². The number of nitrogens with two attached hydrogens (primary N) is 2. The number of carboxylic acid groups (broad SMARTS) is 2. The van der Waals surface area contributed by atoms with Gasteiger partial charge in [-0.1, -0.05) is 62.9 Å². The lowest BCUT2D eigenvalue weighted by molar-refractivity contribution is -0.193. The van der Waals surface area contributed by atoms with Crippen LogP contribution in [0.1, 0.15) is 57.4 Å². The first-order valence-electron chi connectivity index (χ1n) is 11.5. The topological polar surface area (TPSA) is 147 Å². The first kappa shape index (κ1) is 36.3. The highest BCUT2D eigenvalue weighted by molar-refractivity contribution is 5.81. The second-order valence-electron chi connectivity index (χ2n) is 7.80. The standard InChI is InChI=1S/C19H33N3O.2C2HF3O2/c1-2-3-4-10-15-22(16-17-11-6-5-7-12-17)19(23)18(21)13-8-9-14-20;2*3-2(4,5)1(6)7/h5-7,11-12,18H,2-4,8-10,13-16,20-21H2,1H3;2*(H,6,7)/t18-;;/m0../s1. The molecule has 0 aromatic heterocycles. The van der Waals surface area contributed by atoms with Crippen molar-refractivity contribution < 1.29 is 50.9 Å². The van der Waals surface area contributed by atoms with Gasteiger partial charge in [-0.15, -0.1) is 0 Å². The zero-order valence-corrected chi connectivity index (χ0v) is 20.5. The summed E-state index contributed by atoms with van der Waals surface area (Å²) in [6.45, 7) is 4.29. The summed E-state index contributed by atoms with van der Waals surface area (Å²) < 4.78 is 63.5. The number of carbonyl (C=O) groups is 3. The summed E-state index contributed by atoms with van der Waals surface area (Å²) in [5.41, 5.74) is 12.8. The van der Waals surface area contributed by atoms with Gasteiger partial charge in [0, 0.05) is 13.1 Å². The predicted octanol–water partition coefficient (Wildman–Crippen LogP) is 4.32. The number of carbonyl (C=O) groups excluding carboxylic acids is 1. The van der Waals surface area contributed by atoms with Gasteiger partial charge < -0.3 is 26.6 Å². The third-order valence-electron chi connectivity index (χ3n) is 4.58. The first-order chi connectivity index (χ1) is 17.1. The van der Waals surface area contributed by atoms with Crippen molar-refractivity contribution in [1.29, 1.82) is 0 Å². The molecule has 0 aliphatic rings. The van der Waals surface area contributed by atoms with E-state index in [1.165, 1.54) is 12.8 Å². The summed E-state index contributed by atoms with van der Waals surface area (Å²) in [6.07, 6.45) is -2.98. The number of benzene rings is 1. The van der Waals surface area contributed by atoms with E-state index >= 15 is 0 Å². The molecule has 1 rings (SSSR count). The highest BCUT2D eigenvalue weighted by Gasteiger charge is 2.38. The van der Waals surface area contributed by atoms with Gasteiger partial charge in [0.25, 0.3) is 0 Å². The number of aliphatic carboxylic acids is 2. The molecule has 214 valence electrons. The molecule has 0 saturated heterocycles. The molecule has 1 aromatic rings. The van der Waals surface area contributed by atoms with Crippen LogP contribution in [0.3, 0.4) is 0 Å². The average Bonchev–Trinajstić information content (AvgIpc) is 2.81. The predicted molar refractivity (Wildman–Crippen MR) is 124 cm³/mol. The number of amides is 1. The molecule has 14 heteroatoms. The van der Waals surface area contributed by atoms with E-state index in [1.807, 2.05) is 23.1 Å². The van der Waals surface area contributed by atoms with Gasteiger partial charge in [-0.2, -0.15) is 26.3 Å². The van der Waals surface area contributed by atoms with Gasteiger partial charge in [-0.05, 0) is 31.4 Å². The van der Waals surface area contributed by atoms with Crippen LogP contribution in [0, 0.1) is 0 Å². The van der Waals surface area contributed by atoms with Gasteiger partial charge in [0.2, 0.25) is 5.91 Å². The second kappa shape index (κ2) is 19.3.